The molecule has 0 aromatic heterocycles. The standard InChI is InChI=1S/C8H15NO/c1-2-8-3-5-9(4-1)6-7-10-8/h8H,1-7H2. The van der Waals surface area contributed by atoms with Crippen molar-refractivity contribution in [2.45, 2.75) is 25.4 Å². The molecule has 2 bridgehead atoms. The third-order valence-electron chi connectivity index (χ3n) is 2.53. The topological polar surface area (TPSA) is 12.5 Å². The van der Waals surface area contributed by atoms with Crippen LogP contribution in [0.1, 0.15) is 19.3 Å². The van der Waals surface area contributed by atoms with Crippen molar-refractivity contribution in [2.75, 3.05) is 26.2 Å². The highest BCUT2D eigenvalue weighted by Crippen LogP contribution is 2.16. The molecule has 2 heterocycles. The quantitative estimate of drug-likeness (QED) is 0.496. The Hall–Kier alpha value is -0.0800. The summed E-state index contributed by atoms with van der Waals surface area (Å²) >= 11 is 0. The molecule has 0 aromatic carbocycles. The summed E-state index contributed by atoms with van der Waals surface area (Å²) in [6.45, 7) is 4.70. The van der Waals surface area contributed by atoms with E-state index in [9.17, 15) is 0 Å². The minimum absolute atomic E-state index is 0.590. The van der Waals surface area contributed by atoms with Gasteiger partial charge in [-0.05, 0) is 25.8 Å². The van der Waals surface area contributed by atoms with Gasteiger partial charge >= 0.3 is 0 Å². The first-order chi connectivity index (χ1) is 4.95. The van der Waals surface area contributed by atoms with Gasteiger partial charge in [0.15, 0.2) is 0 Å². The molecule has 2 nitrogen and oxygen atoms in total. The van der Waals surface area contributed by atoms with Crippen molar-refractivity contribution in [3.8, 4) is 0 Å². The van der Waals surface area contributed by atoms with Gasteiger partial charge in [-0.15, -0.1) is 0 Å². The summed E-state index contributed by atoms with van der Waals surface area (Å²) in [7, 11) is 0. The van der Waals surface area contributed by atoms with E-state index in [4.69, 9.17) is 4.74 Å². The fourth-order valence-corrected chi connectivity index (χ4v) is 1.86. The van der Waals surface area contributed by atoms with Crippen molar-refractivity contribution >= 4 is 0 Å². The molecular formula is C8H15NO. The van der Waals surface area contributed by atoms with E-state index in [1.54, 1.807) is 0 Å². The number of hydrogen-bond donors (Lipinski definition) is 0. The maximum Gasteiger partial charge on any atom is 0.0597 e. The van der Waals surface area contributed by atoms with Crippen LogP contribution in [0.5, 0.6) is 0 Å². The summed E-state index contributed by atoms with van der Waals surface area (Å²) in [6, 6.07) is 0. The smallest absolute Gasteiger partial charge is 0.0597 e. The first kappa shape index (κ1) is 6.62. The van der Waals surface area contributed by atoms with Crippen molar-refractivity contribution in [3.63, 3.8) is 0 Å². The molecule has 0 spiro atoms. The number of fused-ring (bicyclic) bond motifs is 3. The van der Waals surface area contributed by atoms with Crippen LogP contribution in [-0.2, 0) is 4.74 Å². The summed E-state index contributed by atoms with van der Waals surface area (Å²) in [4.78, 5) is 2.52. The van der Waals surface area contributed by atoms with Crippen molar-refractivity contribution in [1.82, 2.24) is 4.90 Å². The Balaban J connectivity index is 2.01. The molecule has 0 N–H and O–H groups in total. The summed E-state index contributed by atoms with van der Waals surface area (Å²) < 4.78 is 5.63. The number of nitrogens with zero attached hydrogens (tertiary/aromatic N) is 1. The van der Waals surface area contributed by atoms with Gasteiger partial charge in [-0.2, -0.15) is 0 Å². The van der Waals surface area contributed by atoms with Gasteiger partial charge in [0.25, 0.3) is 0 Å². The van der Waals surface area contributed by atoms with Crippen LogP contribution >= 0.6 is 0 Å². The van der Waals surface area contributed by atoms with Gasteiger partial charge in [0, 0.05) is 13.1 Å². The van der Waals surface area contributed by atoms with Crippen LogP contribution in [0.3, 0.4) is 0 Å². The lowest BCUT2D eigenvalue weighted by Crippen LogP contribution is -2.27. The van der Waals surface area contributed by atoms with Crippen LogP contribution in [0.15, 0.2) is 0 Å². The second kappa shape index (κ2) is 2.89. The summed E-state index contributed by atoms with van der Waals surface area (Å²) in [5.41, 5.74) is 0. The second-order valence-electron chi connectivity index (χ2n) is 3.27. The third kappa shape index (κ3) is 1.32. The molecule has 0 aliphatic carbocycles. The van der Waals surface area contributed by atoms with Crippen molar-refractivity contribution in [1.29, 1.82) is 0 Å². The van der Waals surface area contributed by atoms with Crippen LogP contribution in [0.25, 0.3) is 0 Å². The summed E-state index contributed by atoms with van der Waals surface area (Å²) in [5, 5.41) is 0. The van der Waals surface area contributed by atoms with Crippen molar-refractivity contribution in [3.05, 3.63) is 0 Å². The molecule has 58 valence electrons. The molecule has 0 radical (unpaired) electrons. The Morgan fingerprint density at radius 2 is 2.10 bits per heavy atom. The predicted octanol–water partition coefficient (Wildman–Crippen LogP) is 0.871. The van der Waals surface area contributed by atoms with Gasteiger partial charge in [0.05, 0.1) is 12.7 Å². The molecule has 10 heavy (non-hydrogen) atoms. The van der Waals surface area contributed by atoms with Gasteiger partial charge in [0.2, 0.25) is 0 Å². The van der Waals surface area contributed by atoms with E-state index in [2.05, 4.69) is 4.90 Å². The Bertz CT molecular complexity index is 93.8. The highest BCUT2D eigenvalue weighted by molar-refractivity contribution is 4.73. The molecule has 0 aromatic rings. The highest BCUT2D eigenvalue weighted by Gasteiger charge is 2.20. The lowest BCUT2D eigenvalue weighted by Gasteiger charge is -2.18. The average molecular weight is 141 g/mol. The Kier molecular flexibility index (Phi) is 1.91. The van der Waals surface area contributed by atoms with E-state index >= 15 is 0 Å². The van der Waals surface area contributed by atoms with Gasteiger partial charge in [-0.3, -0.25) is 0 Å². The van der Waals surface area contributed by atoms with Crippen molar-refractivity contribution in [2.24, 2.45) is 0 Å². The van der Waals surface area contributed by atoms with Gasteiger partial charge < -0.3 is 9.64 Å². The lowest BCUT2D eigenvalue weighted by atomic mass is 10.2. The first-order valence-corrected chi connectivity index (χ1v) is 4.29. The zero-order chi connectivity index (χ0) is 6.81. The molecule has 2 fully saturated rings. The molecule has 2 atom stereocenters. The van der Waals surface area contributed by atoms with E-state index < -0.39 is 0 Å². The minimum atomic E-state index is 0.590. The maximum absolute atomic E-state index is 5.63. The van der Waals surface area contributed by atoms with Crippen molar-refractivity contribution < 1.29 is 4.74 Å². The van der Waals surface area contributed by atoms with Crippen LogP contribution in [0.2, 0.25) is 0 Å². The SMILES string of the molecule is C1CC2CCN(C1)CCO2. The predicted molar refractivity (Wildman–Crippen MR) is 40.0 cm³/mol. The molecule has 2 saturated heterocycles. The first-order valence-electron chi connectivity index (χ1n) is 4.29. The van der Waals surface area contributed by atoms with Crippen LogP contribution in [0, 0.1) is 0 Å². The molecule has 0 saturated carbocycles. The second-order valence-corrected chi connectivity index (χ2v) is 3.27. The van der Waals surface area contributed by atoms with E-state index in [1.165, 1.54) is 32.4 Å². The number of hydrogen-bond acceptors (Lipinski definition) is 2. The molecule has 2 aliphatic rings. The molecule has 0 amide bonds. The minimum Gasteiger partial charge on any atom is -0.377 e. The molecule has 2 rings (SSSR count). The molecular weight excluding hydrogens is 126 g/mol. The van der Waals surface area contributed by atoms with Gasteiger partial charge in [0.1, 0.15) is 0 Å². The van der Waals surface area contributed by atoms with Crippen LogP contribution in [0.4, 0.5) is 0 Å². The van der Waals surface area contributed by atoms with E-state index in [-0.39, 0.29) is 0 Å². The fourth-order valence-electron chi connectivity index (χ4n) is 1.86. The largest absolute Gasteiger partial charge is 0.377 e. The third-order valence-corrected chi connectivity index (χ3v) is 2.53. The zero-order valence-corrected chi connectivity index (χ0v) is 6.38. The maximum atomic E-state index is 5.63. The molecule has 2 aliphatic heterocycles. The Morgan fingerprint density at radius 1 is 1.10 bits per heavy atom. The number of rotatable bonds is 0. The highest BCUT2D eigenvalue weighted by atomic mass is 16.5. The van der Waals surface area contributed by atoms with Gasteiger partial charge in [-0.1, -0.05) is 0 Å². The Labute approximate surface area is 62.2 Å². The van der Waals surface area contributed by atoms with E-state index in [0.717, 1.165) is 13.2 Å². The average Bonchev–Trinajstić information content (AvgIpc) is 2.17. The van der Waals surface area contributed by atoms with Crippen LogP contribution < -0.4 is 0 Å². The fraction of sp³-hybridized carbons (Fsp3) is 1.00. The molecule has 2 unspecified atom stereocenters. The molecule has 2 heteroatoms. The van der Waals surface area contributed by atoms with E-state index in [0.29, 0.717) is 6.10 Å². The monoisotopic (exact) mass is 141 g/mol. The van der Waals surface area contributed by atoms with Crippen LogP contribution in [-0.4, -0.2) is 37.2 Å². The Morgan fingerprint density at radius 3 is 3.10 bits per heavy atom. The normalized spacial score (nSPS) is 40.8. The number of ether oxygens (including phenoxy) is 1. The summed E-state index contributed by atoms with van der Waals surface area (Å²) in [5.74, 6) is 0. The lowest BCUT2D eigenvalue weighted by molar-refractivity contribution is 0.0465. The van der Waals surface area contributed by atoms with Gasteiger partial charge in [-0.25, -0.2) is 0 Å². The van der Waals surface area contributed by atoms with E-state index in [1.807, 2.05) is 0 Å². The zero-order valence-electron chi connectivity index (χ0n) is 6.38. The summed E-state index contributed by atoms with van der Waals surface area (Å²) in [6.07, 6.45) is 4.48.